The average Bonchev–Trinajstić information content (AvgIpc) is 3.73. The maximum Gasteiger partial charge on any atom is 0.264 e. The predicted octanol–water partition coefficient (Wildman–Crippen LogP) is 5.24. The van der Waals surface area contributed by atoms with Crippen LogP contribution in [-0.2, 0) is 21.7 Å². The number of guanidine groups is 1. The topological polar surface area (TPSA) is 85.3 Å². The lowest BCUT2D eigenvalue weighted by Gasteiger charge is -2.28. The Balaban J connectivity index is 1.17. The van der Waals surface area contributed by atoms with Crippen LogP contribution in [0.5, 0.6) is 0 Å². The van der Waals surface area contributed by atoms with Crippen LogP contribution in [0.2, 0.25) is 0 Å². The van der Waals surface area contributed by atoms with Gasteiger partial charge in [0.15, 0.2) is 11.5 Å². The SMILES string of the molecule is N=C1NC(c2ccccc2)(c2ccccc2)C(=O)N1Cc1ccc(NC(=O)C2C[C@H]2c2ccccc2)cc1. The van der Waals surface area contributed by atoms with Crippen molar-refractivity contribution in [2.45, 2.75) is 24.4 Å². The van der Waals surface area contributed by atoms with Crippen LogP contribution in [0.25, 0.3) is 0 Å². The molecule has 6 nitrogen and oxygen atoms in total. The molecule has 0 spiro atoms. The molecular formula is C32H28N4O2. The van der Waals surface area contributed by atoms with Crippen molar-refractivity contribution in [1.29, 1.82) is 5.41 Å². The number of hydrogen-bond acceptors (Lipinski definition) is 3. The number of rotatable bonds is 7. The number of nitrogens with one attached hydrogen (secondary N) is 3. The lowest BCUT2D eigenvalue weighted by Crippen LogP contribution is -2.45. The van der Waals surface area contributed by atoms with Crippen molar-refractivity contribution in [1.82, 2.24) is 10.2 Å². The standard InChI is InChI=1S/C32H28N4O2/c33-31-35-32(24-12-6-2-7-13-24,25-14-8-3-9-15-25)30(38)36(31)21-22-16-18-26(19-17-22)34-29(37)28-20-27(28)23-10-4-1-5-11-23/h1-19,27-28H,20-21H2,(H2,33,35)(H,34,37)/t27-,28?/m0/s1. The smallest absolute Gasteiger partial charge is 0.264 e. The summed E-state index contributed by atoms with van der Waals surface area (Å²) in [6.45, 7) is 0.249. The Bertz CT molecular complexity index is 1430. The van der Waals surface area contributed by atoms with Gasteiger partial charge >= 0.3 is 0 Å². The predicted molar refractivity (Wildman–Crippen MR) is 147 cm³/mol. The molecular weight excluding hydrogens is 472 g/mol. The number of anilines is 1. The van der Waals surface area contributed by atoms with Crippen molar-refractivity contribution >= 4 is 23.5 Å². The quantitative estimate of drug-likeness (QED) is 0.324. The van der Waals surface area contributed by atoms with Crippen LogP contribution in [0.1, 0.15) is 34.6 Å². The molecule has 2 atom stereocenters. The Morgan fingerprint density at radius 2 is 1.39 bits per heavy atom. The first kappa shape index (κ1) is 23.7. The lowest BCUT2D eigenvalue weighted by molar-refractivity contribution is -0.130. The van der Waals surface area contributed by atoms with Crippen molar-refractivity contribution in [3.8, 4) is 0 Å². The summed E-state index contributed by atoms with van der Waals surface area (Å²) in [5.41, 5.74) is 3.21. The maximum atomic E-state index is 14.0. The highest BCUT2D eigenvalue weighted by atomic mass is 16.2. The van der Waals surface area contributed by atoms with Gasteiger partial charge in [-0.15, -0.1) is 0 Å². The van der Waals surface area contributed by atoms with Crippen LogP contribution < -0.4 is 10.6 Å². The van der Waals surface area contributed by atoms with Gasteiger partial charge in [-0.25, -0.2) is 0 Å². The third-order valence-corrected chi connectivity index (χ3v) is 7.47. The Labute approximate surface area is 221 Å². The minimum Gasteiger partial charge on any atom is -0.334 e. The van der Waals surface area contributed by atoms with Crippen molar-refractivity contribution in [3.63, 3.8) is 0 Å². The number of carbonyl (C=O) groups excluding carboxylic acids is 2. The fourth-order valence-electron chi connectivity index (χ4n) is 5.35. The second-order valence-electron chi connectivity index (χ2n) is 9.89. The zero-order valence-electron chi connectivity index (χ0n) is 20.8. The summed E-state index contributed by atoms with van der Waals surface area (Å²) in [4.78, 5) is 28.2. The molecule has 2 fully saturated rings. The van der Waals surface area contributed by atoms with Gasteiger partial charge in [0.2, 0.25) is 5.91 Å². The highest BCUT2D eigenvalue weighted by Gasteiger charge is 2.52. The van der Waals surface area contributed by atoms with Crippen molar-refractivity contribution in [2.24, 2.45) is 5.92 Å². The second kappa shape index (κ2) is 9.63. The molecule has 38 heavy (non-hydrogen) atoms. The molecule has 1 saturated carbocycles. The van der Waals surface area contributed by atoms with Crippen LogP contribution in [0, 0.1) is 11.3 Å². The number of carbonyl (C=O) groups is 2. The van der Waals surface area contributed by atoms with Crippen LogP contribution in [0.4, 0.5) is 5.69 Å². The Morgan fingerprint density at radius 1 is 0.842 bits per heavy atom. The summed E-state index contributed by atoms with van der Waals surface area (Å²) in [5.74, 6) is 0.168. The normalized spacial score (nSPS) is 19.6. The van der Waals surface area contributed by atoms with Gasteiger partial charge in [-0.1, -0.05) is 103 Å². The zero-order chi connectivity index (χ0) is 26.1. The molecule has 1 unspecified atom stereocenters. The molecule has 4 aromatic carbocycles. The summed E-state index contributed by atoms with van der Waals surface area (Å²) in [5, 5.41) is 14.9. The van der Waals surface area contributed by atoms with Gasteiger partial charge in [0.25, 0.3) is 5.91 Å². The van der Waals surface area contributed by atoms with E-state index in [1.807, 2.05) is 103 Å². The molecule has 6 heteroatoms. The van der Waals surface area contributed by atoms with Gasteiger partial charge in [-0.3, -0.25) is 19.9 Å². The molecule has 2 aliphatic rings. The van der Waals surface area contributed by atoms with E-state index in [9.17, 15) is 9.59 Å². The first-order valence-corrected chi connectivity index (χ1v) is 12.8. The molecule has 6 rings (SSSR count). The van der Waals surface area contributed by atoms with Gasteiger partial charge in [-0.05, 0) is 46.7 Å². The molecule has 0 radical (unpaired) electrons. The third kappa shape index (κ3) is 4.24. The fraction of sp³-hybridized carbons (Fsp3) is 0.156. The highest BCUT2D eigenvalue weighted by Crippen LogP contribution is 2.47. The molecule has 1 aliphatic heterocycles. The first-order valence-electron chi connectivity index (χ1n) is 12.8. The molecule has 3 N–H and O–H groups in total. The number of nitrogens with zero attached hydrogens (tertiary/aromatic N) is 1. The number of amides is 2. The summed E-state index contributed by atoms with van der Waals surface area (Å²) in [6.07, 6.45) is 0.866. The Hall–Kier alpha value is -4.71. The first-order chi connectivity index (χ1) is 18.6. The summed E-state index contributed by atoms with van der Waals surface area (Å²) in [6, 6.07) is 36.7. The average molecular weight is 501 g/mol. The van der Waals surface area contributed by atoms with E-state index >= 15 is 0 Å². The Morgan fingerprint density at radius 3 is 1.97 bits per heavy atom. The summed E-state index contributed by atoms with van der Waals surface area (Å²) < 4.78 is 0. The van der Waals surface area contributed by atoms with Crippen LogP contribution in [-0.4, -0.2) is 22.7 Å². The molecule has 4 aromatic rings. The van der Waals surface area contributed by atoms with Crippen LogP contribution >= 0.6 is 0 Å². The van der Waals surface area contributed by atoms with Crippen LogP contribution in [0.15, 0.2) is 115 Å². The molecule has 0 aromatic heterocycles. The van der Waals surface area contributed by atoms with E-state index in [1.165, 1.54) is 10.5 Å². The van der Waals surface area contributed by atoms with Gasteiger partial charge in [0, 0.05) is 11.6 Å². The fourth-order valence-corrected chi connectivity index (χ4v) is 5.35. The van der Waals surface area contributed by atoms with E-state index in [4.69, 9.17) is 5.41 Å². The zero-order valence-corrected chi connectivity index (χ0v) is 20.8. The van der Waals surface area contributed by atoms with Gasteiger partial charge in [0.1, 0.15) is 0 Å². The van der Waals surface area contributed by atoms with E-state index < -0.39 is 5.54 Å². The summed E-state index contributed by atoms with van der Waals surface area (Å²) >= 11 is 0. The van der Waals surface area contributed by atoms with Gasteiger partial charge < -0.3 is 10.6 Å². The number of hydrogen-bond donors (Lipinski definition) is 3. The minimum absolute atomic E-state index is 0.00468. The molecule has 188 valence electrons. The van der Waals surface area contributed by atoms with E-state index in [-0.39, 0.29) is 36.2 Å². The minimum atomic E-state index is -1.16. The van der Waals surface area contributed by atoms with Crippen molar-refractivity contribution in [2.75, 3.05) is 5.32 Å². The monoisotopic (exact) mass is 500 g/mol. The number of benzene rings is 4. The molecule has 1 aliphatic carbocycles. The van der Waals surface area contributed by atoms with E-state index in [0.29, 0.717) is 0 Å². The molecule has 1 heterocycles. The maximum absolute atomic E-state index is 14.0. The van der Waals surface area contributed by atoms with E-state index in [0.717, 1.165) is 28.8 Å². The van der Waals surface area contributed by atoms with Crippen LogP contribution in [0.3, 0.4) is 0 Å². The second-order valence-corrected chi connectivity index (χ2v) is 9.89. The molecule has 2 amide bonds. The largest absolute Gasteiger partial charge is 0.334 e. The lowest BCUT2D eigenvalue weighted by atomic mass is 9.82. The van der Waals surface area contributed by atoms with Crippen molar-refractivity contribution in [3.05, 3.63) is 138 Å². The molecule has 1 saturated heterocycles. The van der Waals surface area contributed by atoms with Gasteiger partial charge in [0.05, 0.1) is 6.54 Å². The van der Waals surface area contributed by atoms with Gasteiger partial charge in [-0.2, -0.15) is 0 Å². The summed E-state index contributed by atoms with van der Waals surface area (Å²) in [7, 11) is 0. The van der Waals surface area contributed by atoms with Crippen molar-refractivity contribution < 1.29 is 9.59 Å². The van der Waals surface area contributed by atoms with E-state index in [2.05, 4.69) is 22.8 Å². The highest BCUT2D eigenvalue weighted by molar-refractivity contribution is 6.10. The Kier molecular flexibility index (Phi) is 6.00. The third-order valence-electron chi connectivity index (χ3n) is 7.47. The van der Waals surface area contributed by atoms with E-state index in [1.54, 1.807) is 0 Å². The molecule has 0 bridgehead atoms.